The first-order valence-electron chi connectivity index (χ1n) is 10.7. The third-order valence-corrected chi connectivity index (χ3v) is 5.58. The summed E-state index contributed by atoms with van der Waals surface area (Å²) in [6.07, 6.45) is 1.36. The molecule has 0 aliphatic rings. The minimum Gasteiger partial charge on any atom is -0.422 e. The van der Waals surface area contributed by atoms with Crippen LogP contribution in [0.4, 0.5) is 11.4 Å². The van der Waals surface area contributed by atoms with E-state index in [4.69, 9.17) is 4.74 Å². The fraction of sp³-hybridized carbons (Fsp3) is 0.0385. The largest absolute Gasteiger partial charge is 0.422 e. The lowest BCUT2D eigenvalue weighted by atomic mass is 10.1. The molecule has 0 saturated carbocycles. The van der Waals surface area contributed by atoms with Crippen molar-refractivity contribution in [1.82, 2.24) is 5.43 Å². The van der Waals surface area contributed by atoms with Gasteiger partial charge in [0.2, 0.25) is 0 Å². The molecule has 0 unspecified atom stereocenters. The molecule has 10 heteroatoms. The number of nitrogens with zero attached hydrogens (tertiary/aromatic N) is 2. The summed E-state index contributed by atoms with van der Waals surface area (Å²) >= 11 is 3.35. The molecule has 0 atom stereocenters. The van der Waals surface area contributed by atoms with Crippen LogP contribution in [0, 0.1) is 10.1 Å². The summed E-state index contributed by atoms with van der Waals surface area (Å²) in [6, 6.07) is 23.7. The number of amides is 1. The molecule has 0 saturated heterocycles. The highest BCUT2D eigenvalue weighted by Gasteiger charge is 2.14. The molecule has 180 valence electrons. The van der Waals surface area contributed by atoms with Gasteiger partial charge in [-0.25, -0.2) is 10.2 Å². The molecular formula is C26H19BrN4O5. The number of carbonyl (C=O) groups excluding carboxylic acids is 2. The summed E-state index contributed by atoms with van der Waals surface area (Å²) in [5, 5.41) is 20.0. The normalized spacial score (nSPS) is 10.8. The lowest BCUT2D eigenvalue weighted by molar-refractivity contribution is -0.384. The molecule has 0 bridgehead atoms. The zero-order valence-corrected chi connectivity index (χ0v) is 20.3. The van der Waals surface area contributed by atoms with Crippen molar-refractivity contribution in [3.63, 3.8) is 0 Å². The van der Waals surface area contributed by atoms with Crippen molar-refractivity contribution in [3.05, 3.63) is 111 Å². The van der Waals surface area contributed by atoms with Crippen LogP contribution in [-0.2, 0) is 4.79 Å². The van der Waals surface area contributed by atoms with Gasteiger partial charge < -0.3 is 10.1 Å². The van der Waals surface area contributed by atoms with Crippen LogP contribution >= 0.6 is 15.9 Å². The summed E-state index contributed by atoms with van der Waals surface area (Å²) in [6.45, 7) is 0.0101. The number of nitro groups is 1. The Bertz CT molecular complexity index is 1470. The van der Waals surface area contributed by atoms with E-state index in [1.165, 1.54) is 30.5 Å². The number of benzene rings is 4. The fourth-order valence-electron chi connectivity index (χ4n) is 3.29. The average molecular weight is 547 g/mol. The first-order chi connectivity index (χ1) is 17.4. The van der Waals surface area contributed by atoms with Gasteiger partial charge in [0.25, 0.3) is 11.6 Å². The van der Waals surface area contributed by atoms with Crippen molar-refractivity contribution in [2.24, 2.45) is 5.10 Å². The summed E-state index contributed by atoms with van der Waals surface area (Å²) in [7, 11) is 0. The standard InChI is InChI=1S/C26H19BrN4O5/c27-21-8-12-24(36-26(33)18-6-10-23(11-7-18)31(34)35)20(13-21)15-29-30-25(32)16-28-22-9-5-17-3-1-2-4-19(17)14-22/h1-15,28H,16H2,(H,30,32). The second-order valence-electron chi connectivity index (χ2n) is 7.58. The van der Waals surface area contributed by atoms with Crippen molar-refractivity contribution < 1.29 is 19.2 Å². The van der Waals surface area contributed by atoms with Crippen LogP contribution in [-0.4, -0.2) is 29.6 Å². The highest BCUT2D eigenvalue weighted by Crippen LogP contribution is 2.23. The lowest BCUT2D eigenvalue weighted by Crippen LogP contribution is -2.25. The Labute approximate surface area is 214 Å². The van der Waals surface area contributed by atoms with Gasteiger partial charge in [0.05, 0.1) is 23.2 Å². The third kappa shape index (κ3) is 6.30. The summed E-state index contributed by atoms with van der Waals surface area (Å²) < 4.78 is 6.15. The van der Waals surface area contributed by atoms with Crippen molar-refractivity contribution >= 4 is 56.2 Å². The van der Waals surface area contributed by atoms with Crippen LogP contribution in [0.5, 0.6) is 5.75 Å². The number of hydrogen-bond acceptors (Lipinski definition) is 7. The molecule has 1 amide bonds. The minimum atomic E-state index is -0.689. The van der Waals surface area contributed by atoms with Crippen LogP contribution in [0.15, 0.2) is 94.5 Å². The Kier molecular flexibility index (Phi) is 7.66. The van der Waals surface area contributed by atoms with E-state index < -0.39 is 10.9 Å². The maximum Gasteiger partial charge on any atom is 0.343 e. The monoisotopic (exact) mass is 546 g/mol. The number of carbonyl (C=O) groups is 2. The molecule has 4 rings (SSSR count). The number of esters is 1. The van der Waals surface area contributed by atoms with E-state index >= 15 is 0 Å². The maximum atomic E-state index is 12.5. The van der Waals surface area contributed by atoms with E-state index in [1.807, 2.05) is 42.5 Å². The predicted octanol–water partition coefficient (Wildman–Crippen LogP) is 5.29. The van der Waals surface area contributed by atoms with Gasteiger partial charge in [0.1, 0.15) is 5.75 Å². The third-order valence-electron chi connectivity index (χ3n) is 5.08. The Hall–Kier alpha value is -4.57. The first kappa shape index (κ1) is 24.6. The predicted molar refractivity (Wildman–Crippen MR) is 140 cm³/mol. The number of nitrogens with one attached hydrogen (secondary N) is 2. The van der Waals surface area contributed by atoms with Gasteiger partial charge in [-0.2, -0.15) is 5.10 Å². The smallest absolute Gasteiger partial charge is 0.343 e. The lowest BCUT2D eigenvalue weighted by Gasteiger charge is -2.08. The maximum absolute atomic E-state index is 12.5. The van der Waals surface area contributed by atoms with Gasteiger partial charge in [0.15, 0.2) is 0 Å². The van der Waals surface area contributed by atoms with Crippen molar-refractivity contribution in [2.75, 3.05) is 11.9 Å². The molecule has 0 aliphatic carbocycles. The van der Waals surface area contributed by atoms with Crippen LogP contribution in [0.2, 0.25) is 0 Å². The molecule has 2 N–H and O–H groups in total. The van der Waals surface area contributed by atoms with Gasteiger partial charge in [-0.1, -0.05) is 46.3 Å². The van der Waals surface area contributed by atoms with Crippen molar-refractivity contribution in [2.45, 2.75) is 0 Å². The Balaban J connectivity index is 1.37. The summed E-state index contributed by atoms with van der Waals surface area (Å²) in [5.41, 5.74) is 3.70. The van der Waals surface area contributed by atoms with E-state index in [-0.39, 0.29) is 29.5 Å². The number of non-ortho nitro benzene ring substituents is 1. The SMILES string of the molecule is O=C(CNc1ccc2ccccc2c1)NN=Cc1cc(Br)ccc1OC(=O)c1ccc([N+](=O)[O-])cc1. The van der Waals surface area contributed by atoms with E-state index in [0.29, 0.717) is 10.0 Å². The molecule has 0 spiro atoms. The highest BCUT2D eigenvalue weighted by molar-refractivity contribution is 9.10. The van der Waals surface area contributed by atoms with E-state index in [9.17, 15) is 19.7 Å². The zero-order chi connectivity index (χ0) is 25.5. The van der Waals surface area contributed by atoms with Gasteiger partial charge >= 0.3 is 5.97 Å². The van der Waals surface area contributed by atoms with Gasteiger partial charge in [-0.3, -0.25) is 14.9 Å². The van der Waals surface area contributed by atoms with E-state index in [0.717, 1.165) is 16.5 Å². The Morgan fingerprint density at radius 2 is 1.72 bits per heavy atom. The van der Waals surface area contributed by atoms with Crippen LogP contribution in [0.25, 0.3) is 10.8 Å². The number of halogens is 1. The number of hydrogen-bond donors (Lipinski definition) is 2. The number of nitro benzene ring substituents is 1. The Morgan fingerprint density at radius 1 is 0.972 bits per heavy atom. The molecule has 0 heterocycles. The van der Waals surface area contributed by atoms with E-state index in [1.54, 1.807) is 18.2 Å². The van der Waals surface area contributed by atoms with Crippen molar-refractivity contribution in [1.29, 1.82) is 0 Å². The topological polar surface area (TPSA) is 123 Å². The second-order valence-corrected chi connectivity index (χ2v) is 8.50. The average Bonchev–Trinajstić information content (AvgIpc) is 2.88. The molecule has 0 aliphatic heterocycles. The van der Waals surface area contributed by atoms with Crippen LogP contribution in [0.3, 0.4) is 0 Å². The zero-order valence-electron chi connectivity index (χ0n) is 18.7. The van der Waals surface area contributed by atoms with Crippen molar-refractivity contribution in [3.8, 4) is 5.75 Å². The van der Waals surface area contributed by atoms with E-state index in [2.05, 4.69) is 31.8 Å². The van der Waals surface area contributed by atoms with Gasteiger partial charge in [-0.05, 0) is 53.2 Å². The number of ether oxygens (including phenoxy) is 1. The minimum absolute atomic E-state index is 0.0101. The number of hydrazone groups is 1. The van der Waals surface area contributed by atoms with Gasteiger partial charge in [0, 0.05) is 27.9 Å². The summed E-state index contributed by atoms with van der Waals surface area (Å²) in [5.74, 6) is -0.849. The summed E-state index contributed by atoms with van der Waals surface area (Å²) in [4.78, 5) is 35.0. The Morgan fingerprint density at radius 3 is 2.47 bits per heavy atom. The molecule has 9 nitrogen and oxygen atoms in total. The number of rotatable bonds is 8. The molecule has 4 aromatic rings. The molecule has 4 aromatic carbocycles. The molecule has 0 radical (unpaired) electrons. The number of anilines is 1. The first-order valence-corrected chi connectivity index (χ1v) is 11.5. The second kappa shape index (κ2) is 11.2. The van der Waals surface area contributed by atoms with Gasteiger partial charge in [-0.15, -0.1) is 0 Å². The quantitative estimate of drug-likeness (QED) is 0.102. The highest BCUT2D eigenvalue weighted by atomic mass is 79.9. The molecule has 0 fully saturated rings. The van der Waals surface area contributed by atoms with Crippen LogP contribution in [0.1, 0.15) is 15.9 Å². The fourth-order valence-corrected chi connectivity index (χ4v) is 3.66. The molecular weight excluding hydrogens is 528 g/mol. The van der Waals surface area contributed by atoms with Crippen LogP contribution < -0.4 is 15.5 Å². The molecule has 36 heavy (non-hydrogen) atoms. The molecule has 0 aromatic heterocycles. The number of fused-ring (bicyclic) bond motifs is 1.